The SMILES string of the molecule is Cc1ccc(S(=O)(=O)OCCCc2cccc(F)c2)cc1. The molecule has 0 atom stereocenters. The topological polar surface area (TPSA) is 43.4 Å². The van der Waals surface area contributed by atoms with Gasteiger partial charge in [-0.2, -0.15) is 8.42 Å². The lowest BCUT2D eigenvalue weighted by atomic mass is 10.1. The van der Waals surface area contributed by atoms with Crippen molar-refractivity contribution in [1.29, 1.82) is 0 Å². The van der Waals surface area contributed by atoms with Gasteiger partial charge in [0.25, 0.3) is 10.1 Å². The predicted octanol–water partition coefficient (Wildman–Crippen LogP) is 3.47. The Hall–Kier alpha value is -1.72. The van der Waals surface area contributed by atoms with E-state index in [4.69, 9.17) is 4.18 Å². The van der Waals surface area contributed by atoms with Gasteiger partial charge in [0.15, 0.2) is 0 Å². The molecule has 0 saturated heterocycles. The number of halogens is 1. The second kappa shape index (κ2) is 6.83. The molecule has 0 N–H and O–H groups in total. The van der Waals surface area contributed by atoms with Crippen LogP contribution in [-0.2, 0) is 20.7 Å². The van der Waals surface area contributed by atoms with Crippen molar-refractivity contribution in [2.75, 3.05) is 6.61 Å². The van der Waals surface area contributed by atoms with E-state index >= 15 is 0 Å². The number of hydrogen-bond donors (Lipinski definition) is 0. The van der Waals surface area contributed by atoms with Gasteiger partial charge in [-0.05, 0) is 49.6 Å². The summed E-state index contributed by atoms with van der Waals surface area (Å²) in [7, 11) is -3.71. The first-order valence-electron chi connectivity index (χ1n) is 6.68. The zero-order valence-corrected chi connectivity index (χ0v) is 12.6. The first-order chi connectivity index (χ1) is 9.97. The van der Waals surface area contributed by atoms with Crippen LogP contribution in [0.2, 0.25) is 0 Å². The fourth-order valence-corrected chi connectivity index (χ4v) is 2.85. The normalized spacial score (nSPS) is 11.5. The molecule has 2 rings (SSSR count). The average Bonchev–Trinajstić information content (AvgIpc) is 2.44. The molecule has 0 saturated carbocycles. The number of hydrogen-bond acceptors (Lipinski definition) is 3. The fourth-order valence-electron chi connectivity index (χ4n) is 1.91. The largest absolute Gasteiger partial charge is 0.296 e. The van der Waals surface area contributed by atoms with Crippen LogP contribution in [-0.4, -0.2) is 15.0 Å². The molecular weight excluding hydrogens is 291 g/mol. The van der Waals surface area contributed by atoms with Crippen LogP contribution < -0.4 is 0 Å². The first-order valence-corrected chi connectivity index (χ1v) is 8.09. The molecule has 0 heterocycles. The minimum Gasteiger partial charge on any atom is -0.266 e. The van der Waals surface area contributed by atoms with Crippen LogP contribution in [0.15, 0.2) is 53.4 Å². The van der Waals surface area contributed by atoms with Crippen molar-refractivity contribution in [2.45, 2.75) is 24.7 Å². The molecule has 0 unspecified atom stereocenters. The first kappa shape index (κ1) is 15.7. The third kappa shape index (κ3) is 4.65. The molecule has 0 aliphatic rings. The summed E-state index contributed by atoms with van der Waals surface area (Å²) in [6, 6.07) is 12.8. The molecule has 112 valence electrons. The molecule has 3 nitrogen and oxygen atoms in total. The van der Waals surface area contributed by atoms with E-state index in [9.17, 15) is 12.8 Å². The fraction of sp³-hybridized carbons (Fsp3) is 0.250. The van der Waals surface area contributed by atoms with Crippen molar-refractivity contribution in [3.63, 3.8) is 0 Å². The molecule has 2 aromatic carbocycles. The minimum atomic E-state index is -3.71. The molecule has 0 amide bonds. The predicted molar refractivity (Wildman–Crippen MR) is 79.0 cm³/mol. The molecule has 0 bridgehead atoms. The zero-order chi connectivity index (χ0) is 15.3. The summed E-state index contributed by atoms with van der Waals surface area (Å²) in [6.07, 6.45) is 1.08. The summed E-state index contributed by atoms with van der Waals surface area (Å²) in [5, 5.41) is 0. The van der Waals surface area contributed by atoms with Crippen LogP contribution in [0.5, 0.6) is 0 Å². The average molecular weight is 308 g/mol. The molecule has 0 fully saturated rings. The van der Waals surface area contributed by atoms with Crippen LogP contribution in [0, 0.1) is 12.7 Å². The lowest BCUT2D eigenvalue weighted by Crippen LogP contribution is -2.08. The Balaban J connectivity index is 1.86. The van der Waals surface area contributed by atoms with Crippen molar-refractivity contribution >= 4 is 10.1 Å². The summed E-state index contributed by atoms with van der Waals surface area (Å²) < 4.78 is 41.8. The van der Waals surface area contributed by atoms with Crippen LogP contribution in [0.25, 0.3) is 0 Å². The van der Waals surface area contributed by atoms with E-state index in [2.05, 4.69) is 0 Å². The third-order valence-corrected chi connectivity index (χ3v) is 4.37. The molecule has 0 aromatic heterocycles. The van der Waals surface area contributed by atoms with Crippen molar-refractivity contribution < 1.29 is 17.0 Å². The Kier molecular flexibility index (Phi) is 5.09. The monoisotopic (exact) mass is 308 g/mol. The highest BCUT2D eigenvalue weighted by Crippen LogP contribution is 2.14. The van der Waals surface area contributed by atoms with Crippen LogP contribution in [0.4, 0.5) is 4.39 Å². The third-order valence-electron chi connectivity index (χ3n) is 3.05. The summed E-state index contributed by atoms with van der Waals surface area (Å²) in [6.45, 7) is 1.96. The van der Waals surface area contributed by atoms with Crippen LogP contribution in [0.3, 0.4) is 0 Å². The van der Waals surface area contributed by atoms with Gasteiger partial charge in [0.05, 0.1) is 11.5 Å². The van der Waals surface area contributed by atoms with E-state index in [-0.39, 0.29) is 17.3 Å². The van der Waals surface area contributed by atoms with E-state index in [0.717, 1.165) is 11.1 Å². The Morgan fingerprint density at radius 2 is 1.81 bits per heavy atom. The van der Waals surface area contributed by atoms with E-state index < -0.39 is 10.1 Å². The van der Waals surface area contributed by atoms with Gasteiger partial charge in [0.2, 0.25) is 0 Å². The second-order valence-corrected chi connectivity index (χ2v) is 6.44. The van der Waals surface area contributed by atoms with Gasteiger partial charge >= 0.3 is 0 Å². The van der Waals surface area contributed by atoms with Gasteiger partial charge < -0.3 is 0 Å². The van der Waals surface area contributed by atoms with Crippen molar-refractivity contribution in [3.05, 3.63) is 65.5 Å². The van der Waals surface area contributed by atoms with E-state index in [1.807, 2.05) is 6.92 Å². The van der Waals surface area contributed by atoms with Gasteiger partial charge in [-0.3, -0.25) is 4.18 Å². The Morgan fingerprint density at radius 3 is 2.48 bits per heavy atom. The maximum Gasteiger partial charge on any atom is 0.296 e. The Labute approximate surface area is 124 Å². The molecular formula is C16H17FO3S. The summed E-state index contributed by atoms with van der Waals surface area (Å²) in [4.78, 5) is 0.152. The smallest absolute Gasteiger partial charge is 0.266 e. The number of rotatable bonds is 6. The van der Waals surface area contributed by atoms with Gasteiger partial charge in [0.1, 0.15) is 5.82 Å². The van der Waals surface area contributed by atoms with Crippen molar-refractivity contribution in [3.8, 4) is 0 Å². The van der Waals surface area contributed by atoms with Gasteiger partial charge in [-0.15, -0.1) is 0 Å². The minimum absolute atomic E-state index is 0.0761. The molecule has 0 radical (unpaired) electrons. The van der Waals surface area contributed by atoms with Crippen LogP contribution >= 0.6 is 0 Å². The highest BCUT2D eigenvalue weighted by molar-refractivity contribution is 7.86. The van der Waals surface area contributed by atoms with Gasteiger partial charge in [-0.25, -0.2) is 4.39 Å². The second-order valence-electron chi connectivity index (χ2n) is 4.82. The summed E-state index contributed by atoms with van der Waals surface area (Å²) in [5.74, 6) is -0.291. The molecule has 0 aliphatic carbocycles. The summed E-state index contributed by atoms with van der Waals surface area (Å²) >= 11 is 0. The molecule has 21 heavy (non-hydrogen) atoms. The van der Waals surface area contributed by atoms with E-state index in [1.54, 1.807) is 24.3 Å². The van der Waals surface area contributed by atoms with Crippen LogP contribution in [0.1, 0.15) is 17.5 Å². The number of aryl methyl sites for hydroxylation is 2. The lowest BCUT2D eigenvalue weighted by molar-refractivity contribution is 0.312. The molecule has 2 aromatic rings. The molecule has 0 aliphatic heterocycles. The lowest BCUT2D eigenvalue weighted by Gasteiger charge is -2.06. The Bertz CT molecular complexity index is 694. The van der Waals surface area contributed by atoms with Gasteiger partial charge in [0, 0.05) is 0 Å². The van der Waals surface area contributed by atoms with Crippen molar-refractivity contribution in [1.82, 2.24) is 0 Å². The highest BCUT2D eigenvalue weighted by Gasteiger charge is 2.14. The molecule has 5 heteroatoms. The van der Waals surface area contributed by atoms with E-state index in [0.29, 0.717) is 12.8 Å². The van der Waals surface area contributed by atoms with Gasteiger partial charge in [-0.1, -0.05) is 29.8 Å². The van der Waals surface area contributed by atoms with Crippen molar-refractivity contribution in [2.24, 2.45) is 0 Å². The highest BCUT2D eigenvalue weighted by atomic mass is 32.2. The quantitative estimate of drug-likeness (QED) is 0.606. The maximum absolute atomic E-state index is 13.0. The Morgan fingerprint density at radius 1 is 1.10 bits per heavy atom. The summed E-state index contributed by atoms with van der Waals surface area (Å²) in [5.41, 5.74) is 1.81. The number of benzene rings is 2. The zero-order valence-electron chi connectivity index (χ0n) is 11.8. The van der Waals surface area contributed by atoms with E-state index in [1.165, 1.54) is 24.3 Å². The molecule has 0 spiro atoms. The maximum atomic E-state index is 13.0. The standard InChI is InChI=1S/C16H17FO3S/c1-13-7-9-16(10-8-13)21(18,19)20-11-3-5-14-4-2-6-15(17)12-14/h2,4,6-10,12H,3,5,11H2,1H3.